The highest BCUT2D eigenvalue weighted by molar-refractivity contribution is 5.95. The van der Waals surface area contributed by atoms with Gasteiger partial charge in [-0.1, -0.05) is 12.8 Å². The summed E-state index contributed by atoms with van der Waals surface area (Å²) in [5.41, 5.74) is 0.561. The first-order valence-corrected chi connectivity index (χ1v) is 10.6. The smallest absolute Gasteiger partial charge is 0.254 e. The molecule has 1 saturated carbocycles. The number of amides is 2. The molecule has 160 valence electrons. The lowest BCUT2D eigenvalue weighted by molar-refractivity contribution is -0.129. The third kappa shape index (κ3) is 5.01. The molecule has 1 atom stereocenters. The number of carbonyl (C=O) groups excluding carboxylic acids is 2. The Bertz CT molecular complexity index is 688. The van der Waals surface area contributed by atoms with Crippen LogP contribution in [-0.4, -0.2) is 74.6 Å². The van der Waals surface area contributed by atoms with Crippen LogP contribution in [0.15, 0.2) is 18.2 Å². The number of hydrogen-bond acceptors (Lipinski definition) is 5. The van der Waals surface area contributed by atoms with Gasteiger partial charge in [-0.2, -0.15) is 0 Å². The zero-order valence-corrected chi connectivity index (χ0v) is 17.8. The van der Waals surface area contributed by atoms with Crippen LogP contribution in [0.25, 0.3) is 0 Å². The summed E-state index contributed by atoms with van der Waals surface area (Å²) < 4.78 is 10.6. The Morgan fingerprint density at radius 1 is 1.03 bits per heavy atom. The number of benzene rings is 1. The van der Waals surface area contributed by atoms with Crippen LogP contribution < -0.4 is 14.8 Å². The van der Waals surface area contributed by atoms with E-state index in [0.717, 1.165) is 12.8 Å². The molecule has 0 radical (unpaired) electrons. The number of nitrogens with one attached hydrogen (secondary N) is 1. The van der Waals surface area contributed by atoms with Crippen molar-refractivity contribution in [3.05, 3.63) is 23.8 Å². The molecule has 1 heterocycles. The van der Waals surface area contributed by atoms with Gasteiger partial charge >= 0.3 is 0 Å². The lowest BCUT2D eigenvalue weighted by atomic mass is 9.95. The first kappa shape index (κ1) is 21.4. The molecule has 1 aromatic rings. The fraction of sp³-hybridized carbons (Fsp3) is 0.636. The molecule has 1 unspecified atom stereocenters. The Morgan fingerprint density at radius 3 is 2.14 bits per heavy atom. The maximum atomic E-state index is 13.0. The minimum Gasteiger partial charge on any atom is -0.497 e. The number of methoxy groups -OCH3 is 2. The predicted octanol–water partition coefficient (Wildman–Crippen LogP) is 2.16. The second-order valence-electron chi connectivity index (χ2n) is 7.81. The summed E-state index contributed by atoms with van der Waals surface area (Å²) in [5.74, 6) is 1.73. The number of nitrogens with zero attached hydrogens (tertiary/aromatic N) is 2. The second-order valence-corrected chi connectivity index (χ2v) is 7.81. The van der Waals surface area contributed by atoms with Crippen molar-refractivity contribution in [3.8, 4) is 11.5 Å². The zero-order valence-electron chi connectivity index (χ0n) is 17.8. The Hall–Kier alpha value is -2.28. The number of likely N-dealkylation sites (N-methyl/N-ethyl adjacent to an activating group) is 1. The second kappa shape index (κ2) is 9.96. The summed E-state index contributed by atoms with van der Waals surface area (Å²) >= 11 is 0. The predicted molar refractivity (Wildman–Crippen MR) is 111 cm³/mol. The van der Waals surface area contributed by atoms with E-state index in [9.17, 15) is 9.59 Å². The maximum absolute atomic E-state index is 13.0. The first-order chi connectivity index (χ1) is 14.1. The van der Waals surface area contributed by atoms with E-state index >= 15 is 0 Å². The Labute approximate surface area is 173 Å². The fourth-order valence-corrected chi connectivity index (χ4v) is 4.55. The van der Waals surface area contributed by atoms with Gasteiger partial charge in [0.25, 0.3) is 5.91 Å². The van der Waals surface area contributed by atoms with Gasteiger partial charge in [0.15, 0.2) is 0 Å². The molecule has 3 rings (SSSR count). The van der Waals surface area contributed by atoms with Crippen molar-refractivity contribution in [3.63, 3.8) is 0 Å². The van der Waals surface area contributed by atoms with E-state index < -0.39 is 0 Å². The first-order valence-electron chi connectivity index (χ1n) is 10.6. The van der Waals surface area contributed by atoms with Crippen LogP contribution in [0.5, 0.6) is 11.5 Å². The fourth-order valence-electron chi connectivity index (χ4n) is 4.55. The lowest BCUT2D eigenvalue weighted by Crippen LogP contribution is -2.58. The quantitative estimate of drug-likeness (QED) is 0.755. The topological polar surface area (TPSA) is 71.1 Å². The minimum atomic E-state index is -0.0772. The molecule has 1 aromatic carbocycles. The molecule has 2 amide bonds. The van der Waals surface area contributed by atoms with E-state index in [1.165, 1.54) is 12.8 Å². The Balaban J connectivity index is 1.67. The van der Waals surface area contributed by atoms with Gasteiger partial charge in [0, 0.05) is 44.4 Å². The van der Waals surface area contributed by atoms with Gasteiger partial charge in [0.1, 0.15) is 11.5 Å². The third-order valence-corrected chi connectivity index (χ3v) is 6.06. The highest BCUT2D eigenvalue weighted by Crippen LogP contribution is 2.31. The Morgan fingerprint density at radius 2 is 1.62 bits per heavy atom. The van der Waals surface area contributed by atoms with E-state index in [2.05, 4.69) is 10.2 Å². The largest absolute Gasteiger partial charge is 0.497 e. The van der Waals surface area contributed by atoms with Crippen LogP contribution in [0.2, 0.25) is 0 Å². The Kier molecular flexibility index (Phi) is 7.36. The molecule has 1 aliphatic carbocycles. The van der Waals surface area contributed by atoms with E-state index in [4.69, 9.17) is 9.47 Å². The number of carbonyl (C=O) groups is 2. The SMILES string of the molecule is CCNC(=O)C(C1CCCC1)N1CCN(C(=O)c2cc(OC)cc(OC)c2)CC1. The molecule has 1 saturated heterocycles. The maximum Gasteiger partial charge on any atom is 0.254 e. The molecule has 2 aliphatic rings. The molecule has 0 spiro atoms. The van der Waals surface area contributed by atoms with Crippen molar-refractivity contribution in [1.29, 1.82) is 0 Å². The summed E-state index contributed by atoms with van der Waals surface area (Å²) in [6, 6.07) is 5.17. The van der Waals surface area contributed by atoms with Crippen LogP contribution >= 0.6 is 0 Å². The molecule has 0 aromatic heterocycles. The molecule has 7 heteroatoms. The number of piperazine rings is 1. The molecule has 1 aliphatic heterocycles. The summed E-state index contributed by atoms with van der Waals surface area (Å²) in [6.07, 6.45) is 4.64. The van der Waals surface area contributed by atoms with E-state index in [1.807, 2.05) is 11.8 Å². The number of hydrogen-bond donors (Lipinski definition) is 1. The molecule has 2 fully saturated rings. The van der Waals surface area contributed by atoms with E-state index in [0.29, 0.717) is 55.7 Å². The summed E-state index contributed by atoms with van der Waals surface area (Å²) in [7, 11) is 3.15. The average molecular weight is 404 g/mol. The molecule has 7 nitrogen and oxygen atoms in total. The van der Waals surface area contributed by atoms with Gasteiger partial charge in [0.2, 0.25) is 5.91 Å². The van der Waals surface area contributed by atoms with E-state index in [-0.39, 0.29) is 17.9 Å². The average Bonchev–Trinajstić information content (AvgIpc) is 3.28. The lowest BCUT2D eigenvalue weighted by Gasteiger charge is -2.40. The number of ether oxygens (including phenoxy) is 2. The highest BCUT2D eigenvalue weighted by atomic mass is 16.5. The van der Waals surface area contributed by atoms with Crippen LogP contribution in [0.4, 0.5) is 0 Å². The van der Waals surface area contributed by atoms with Crippen molar-refractivity contribution in [2.75, 3.05) is 46.9 Å². The van der Waals surface area contributed by atoms with Gasteiger partial charge < -0.3 is 19.7 Å². The monoisotopic (exact) mass is 403 g/mol. The highest BCUT2D eigenvalue weighted by Gasteiger charge is 2.37. The summed E-state index contributed by atoms with van der Waals surface area (Å²) in [4.78, 5) is 29.9. The molecule has 29 heavy (non-hydrogen) atoms. The van der Waals surface area contributed by atoms with Crippen molar-refractivity contribution in [1.82, 2.24) is 15.1 Å². The van der Waals surface area contributed by atoms with Crippen LogP contribution in [0.1, 0.15) is 43.0 Å². The molecular weight excluding hydrogens is 370 g/mol. The van der Waals surface area contributed by atoms with Crippen LogP contribution in [0, 0.1) is 5.92 Å². The van der Waals surface area contributed by atoms with Crippen molar-refractivity contribution >= 4 is 11.8 Å². The van der Waals surface area contributed by atoms with Gasteiger partial charge in [0.05, 0.1) is 20.3 Å². The van der Waals surface area contributed by atoms with Gasteiger partial charge in [-0.25, -0.2) is 0 Å². The van der Waals surface area contributed by atoms with E-state index in [1.54, 1.807) is 32.4 Å². The van der Waals surface area contributed by atoms with Crippen molar-refractivity contribution < 1.29 is 19.1 Å². The molecule has 0 bridgehead atoms. The van der Waals surface area contributed by atoms with Gasteiger partial charge in [-0.3, -0.25) is 14.5 Å². The van der Waals surface area contributed by atoms with Gasteiger partial charge in [-0.15, -0.1) is 0 Å². The summed E-state index contributed by atoms with van der Waals surface area (Å²) in [6.45, 7) is 5.26. The minimum absolute atomic E-state index is 0.0303. The molecular formula is C22H33N3O4. The zero-order chi connectivity index (χ0) is 20.8. The normalized spacial score (nSPS) is 19.1. The van der Waals surface area contributed by atoms with Crippen molar-refractivity contribution in [2.24, 2.45) is 5.92 Å². The number of rotatable bonds is 7. The third-order valence-electron chi connectivity index (χ3n) is 6.06. The van der Waals surface area contributed by atoms with Crippen LogP contribution in [0.3, 0.4) is 0 Å². The van der Waals surface area contributed by atoms with Crippen LogP contribution in [-0.2, 0) is 4.79 Å². The van der Waals surface area contributed by atoms with Gasteiger partial charge in [-0.05, 0) is 37.8 Å². The molecule has 1 N–H and O–H groups in total. The van der Waals surface area contributed by atoms with Crippen molar-refractivity contribution in [2.45, 2.75) is 38.6 Å². The summed E-state index contributed by atoms with van der Waals surface area (Å²) in [5, 5.41) is 3.02. The standard InChI is InChI=1S/C22H33N3O4/c1-4-23-21(26)20(16-7-5-6-8-16)24-9-11-25(12-10-24)22(27)17-13-18(28-2)15-19(14-17)29-3/h13-16,20H,4-12H2,1-3H3,(H,23,26).